The maximum atomic E-state index is 3.33. The molecule has 18 heavy (non-hydrogen) atoms. The zero-order valence-electron chi connectivity index (χ0n) is 12.2. The first-order valence-electron chi connectivity index (χ1n) is 6.48. The Morgan fingerprint density at radius 2 is 1.67 bits per heavy atom. The van der Waals surface area contributed by atoms with Crippen LogP contribution in [0.15, 0.2) is 53.9 Å². The van der Waals surface area contributed by atoms with E-state index in [1.807, 2.05) is 12.1 Å². The smallest absolute Gasteiger partial charge is 0.0865 e. The first-order chi connectivity index (χ1) is 8.33. The summed E-state index contributed by atoms with van der Waals surface area (Å²) in [6.07, 6.45) is 6.17. The molecule has 0 saturated carbocycles. The van der Waals surface area contributed by atoms with E-state index >= 15 is 0 Å². The molecule has 0 N–H and O–H groups in total. The Morgan fingerprint density at radius 1 is 1.06 bits per heavy atom. The fourth-order valence-corrected chi connectivity index (χ4v) is 2.20. The van der Waals surface area contributed by atoms with Crippen LogP contribution in [0.25, 0.3) is 6.08 Å². The average Bonchev–Trinajstić information content (AvgIpc) is 2.28. The third-order valence-corrected chi connectivity index (χ3v) is 8.41. The molecule has 0 aromatic heterocycles. The van der Waals surface area contributed by atoms with Crippen LogP contribution in [0.3, 0.4) is 0 Å². The van der Waals surface area contributed by atoms with Crippen molar-refractivity contribution < 1.29 is 0 Å². The van der Waals surface area contributed by atoms with Crippen LogP contribution >= 0.6 is 0 Å². The van der Waals surface area contributed by atoms with Gasteiger partial charge >= 0.3 is 0 Å². The molecule has 0 heterocycles. The normalized spacial score (nSPS) is 12.3. The van der Waals surface area contributed by atoms with Gasteiger partial charge in [0.2, 0.25) is 0 Å². The Kier molecular flexibility index (Phi) is 4.95. The highest BCUT2D eigenvalue weighted by molar-refractivity contribution is 6.84. The molecule has 1 aromatic carbocycles. The predicted octanol–water partition coefficient (Wildman–Crippen LogP) is 5.46. The molecule has 0 saturated heterocycles. The number of allylic oxidation sites excluding steroid dienone is 2. The molecule has 0 aliphatic rings. The molecule has 0 aliphatic heterocycles. The Bertz CT molecular complexity index is 452. The van der Waals surface area contributed by atoms with Gasteiger partial charge in [0, 0.05) is 0 Å². The van der Waals surface area contributed by atoms with Crippen LogP contribution in [0.5, 0.6) is 0 Å². The van der Waals surface area contributed by atoms with Crippen LogP contribution in [-0.4, -0.2) is 8.07 Å². The Labute approximate surface area is 113 Å². The van der Waals surface area contributed by atoms with Crippen molar-refractivity contribution >= 4 is 14.1 Å². The first-order valence-corrected chi connectivity index (χ1v) is 9.56. The predicted molar refractivity (Wildman–Crippen MR) is 85.3 cm³/mol. The van der Waals surface area contributed by atoms with Gasteiger partial charge in [-0.05, 0) is 16.7 Å². The van der Waals surface area contributed by atoms with Gasteiger partial charge in [-0.15, -0.1) is 5.73 Å². The van der Waals surface area contributed by atoms with Crippen LogP contribution in [-0.2, 0) is 0 Å². The molecule has 96 valence electrons. The zero-order chi connectivity index (χ0) is 13.6. The molecule has 0 aliphatic carbocycles. The van der Waals surface area contributed by atoms with Crippen LogP contribution in [0.4, 0.5) is 0 Å². The van der Waals surface area contributed by atoms with Crippen molar-refractivity contribution in [2.75, 3.05) is 0 Å². The highest BCUT2D eigenvalue weighted by Crippen LogP contribution is 2.36. The summed E-state index contributed by atoms with van der Waals surface area (Å²) in [5, 5.41) is 0.386. The van der Waals surface area contributed by atoms with Gasteiger partial charge in [0.1, 0.15) is 0 Å². The van der Waals surface area contributed by atoms with E-state index in [-0.39, 0.29) is 0 Å². The monoisotopic (exact) mass is 256 g/mol. The highest BCUT2D eigenvalue weighted by Gasteiger charge is 2.32. The van der Waals surface area contributed by atoms with Gasteiger partial charge in [-0.3, -0.25) is 0 Å². The number of hydrogen-bond acceptors (Lipinski definition) is 0. The lowest BCUT2D eigenvalue weighted by Crippen LogP contribution is -2.34. The zero-order valence-corrected chi connectivity index (χ0v) is 13.2. The van der Waals surface area contributed by atoms with E-state index in [0.29, 0.717) is 5.04 Å². The van der Waals surface area contributed by atoms with E-state index in [9.17, 15) is 0 Å². The van der Waals surface area contributed by atoms with E-state index in [1.165, 1.54) is 5.56 Å². The van der Waals surface area contributed by atoms with Gasteiger partial charge < -0.3 is 0 Å². The molecule has 1 rings (SSSR count). The Balaban J connectivity index is 2.69. The van der Waals surface area contributed by atoms with E-state index < -0.39 is 8.07 Å². The molecule has 0 radical (unpaired) electrons. The number of hydrogen-bond donors (Lipinski definition) is 0. The molecule has 1 heteroatoms. The van der Waals surface area contributed by atoms with Gasteiger partial charge in [0.05, 0.1) is 8.07 Å². The molecule has 0 fully saturated rings. The third kappa shape index (κ3) is 4.52. The van der Waals surface area contributed by atoms with Crippen molar-refractivity contribution in [2.24, 2.45) is 0 Å². The largest absolute Gasteiger partial charge is 0.130 e. The summed E-state index contributed by atoms with van der Waals surface area (Å²) in [4.78, 5) is 0. The molecular weight excluding hydrogens is 232 g/mol. The van der Waals surface area contributed by atoms with Gasteiger partial charge in [0.25, 0.3) is 0 Å². The fourth-order valence-electron chi connectivity index (χ4n) is 1.25. The minimum Gasteiger partial charge on any atom is -0.130 e. The van der Waals surface area contributed by atoms with Gasteiger partial charge in [0.15, 0.2) is 0 Å². The summed E-state index contributed by atoms with van der Waals surface area (Å²) < 4.78 is 0. The maximum absolute atomic E-state index is 3.33. The first kappa shape index (κ1) is 14.8. The van der Waals surface area contributed by atoms with Crippen molar-refractivity contribution in [2.45, 2.75) is 38.9 Å². The van der Waals surface area contributed by atoms with E-state index in [0.717, 1.165) is 0 Å². The summed E-state index contributed by atoms with van der Waals surface area (Å²) >= 11 is 0. The van der Waals surface area contributed by atoms with Gasteiger partial charge in [-0.25, -0.2) is 0 Å². The second-order valence-electron chi connectivity index (χ2n) is 6.22. The molecular formula is C17H24Si. The van der Waals surface area contributed by atoms with Gasteiger partial charge in [-0.1, -0.05) is 82.0 Å². The second-order valence-corrected chi connectivity index (χ2v) is 11.5. The summed E-state index contributed by atoms with van der Waals surface area (Å²) in [7, 11) is -1.34. The lowest BCUT2D eigenvalue weighted by atomic mass is 10.2. The van der Waals surface area contributed by atoms with Crippen LogP contribution in [0.2, 0.25) is 18.1 Å². The Hall–Kier alpha value is -1.30. The topological polar surface area (TPSA) is 0 Å². The third-order valence-electron chi connectivity index (χ3n) is 3.66. The summed E-state index contributed by atoms with van der Waals surface area (Å²) in [5.74, 6) is 0. The van der Waals surface area contributed by atoms with Crippen molar-refractivity contribution in [3.63, 3.8) is 0 Å². The lowest BCUT2D eigenvalue weighted by Gasteiger charge is -2.33. The molecule has 0 unspecified atom stereocenters. The lowest BCUT2D eigenvalue weighted by molar-refractivity contribution is 0.729. The average molecular weight is 256 g/mol. The van der Waals surface area contributed by atoms with Crippen molar-refractivity contribution in [1.82, 2.24) is 0 Å². The van der Waals surface area contributed by atoms with E-state index in [4.69, 9.17) is 0 Å². The van der Waals surface area contributed by atoms with Gasteiger partial charge in [-0.2, -0.15) is 0 Å². The minimum atomic E-state index is -1.34. The van der Waals surface area contributed by atoms with E-state index in [1.54, 1.807) is 0 Å². The Morgan fingerprint density at radius 3 is 2.22 bits per heavy atom. The minimum absolute atomic E-state index is 0.386. The van der Waals surface area contributed by atoms with Crippen molar-refractivity contribution in [3.8, 4) is 0 Å². The standard InChI is InChI=1S/C17H24Si/c1-17(2,3)18(4,5)15-11-7-10-14-16-12-8-6-9-13-16/h6-10,12-15H,1-5H3/b14-10+. The fraction of sp³-hybridized carbons (Fsp3) is 0.353. The summed E-state index contributed by atoms with van der Waals surface area (Å²) in [6, 6.07) is 10.3. The number of rotatable bonds is 3. The van der Waals surface area contributed by atoms with Crippen LogP contribution < -0.4 is 0 Å². The molecule has 0 amide bonds. The van der Waals surface area contributed by atoms with E-state index in [2.05, 4.69) is 81.7 Å². The SMILES string of the molecule is CC(C)(C)[Si](C)(C)C=C=C/C=C/c1ccccc1. The molecule has 0 nitrogen and oxygen atoms in total. The quantitative estimate of drug-likeness (QED) is 0.383. The van der Waals surface area contributed by atoms with Crippen molar-refractivity contribution in [3.05, 3.63) is 59.5 Å². The van der Waals surface area contributed by atoms with Crippen LogP contribution in [0.1, 0.15) is 26.3 Å². The molecule has 0 spiro atoms. The second kappa shape index (κ2) is 6.04. The van der Waals surface area contributed by atoms with Crippen molar-refractivity contribution in [1.29, 1.82) is 0 Å². The molecule has 1 aromatic rings. The summed E-state index contributed by atoms with van der Waals surface area (Å²) in [6.45, 7) is 11.7. The molecule has 0 atom stereocenters. The highest BCUT2D eigenvalue weighted by atomic mass is 28.3. The number of benzene rings is 1. The molecule has 0 bridgehead atoms. The van der Waals surface area contributed by atoms with Crippen LogP contribution in [0, 0.1) is 0 Å². The maximum Gasteiger partial charge on any atom is 0.0865 e. The summed E-state index contributed by atoms with van der Waals surface area (Å²) in [5.41, 5.74) is 6.85.